The van der Waals surface area contributed by atoms with E-state index in [-0.39, 0.29) is 17.4 Å². The SMILES string of the molecule is Cn1cnc(Oc2nc[nH]c(=O)c2I)n1. The van der Waals surface area contributed by atoms with Crippen molar-refractivity contribution in [3.05, 3.63) is 26.6 Å². The summed E-state index contributed by atoms with van der Waals surface area (Å²) in [6, 6.07) is 0.161. The van der Waals surface area contributed by atoms with Gasteiger partial charge in [-0.3, -0.25) is 9.48 Å². The Balaban J connectivity index is 2.32. The van der Waals surface area contributed by atoms with Gasteiger partial charge in [-0.1, -0.05) is 0 Å². The molecule has 1 N–H and O–H groups in total. The highest BCUT2D eigenvalue weighted by atomic mass is 127. The summed E-state index contributed by atoms with van der Waals surface area (Å²) in [5.74, 6) is 0.200. The van der Waals surface area contributed by atoms with Gasteiger partial charge < -0.3 is 9.72 Å². The number of nitrogens with zero attached hydrogens (tertiary/aromatic N) is 4. The highest BCUT2D eigenvalue weighted by Gasteiger charge is 2.09. The zero-order chi connectivity index (χ0) is 10.8. The molecule has 2 heterocycles. The molecule has 0 amide bonds. The molecule has 0 atom stereocenters. The van der Waals surface area contributed by atoms with Gasteiger partial charge >= 0.3 is 6.01 Å². The van der Waals surface area contributed by atoms with E-state index in [0.717, 1.165) is 0 Å². The van der Waals surface area contributed by atoms with Gasteiger partial charge in [0.05, 0.1) is 6.33 Å². The fourth-order valence-corrected chi connectivity index (χ4v) is 1.30. The number of aromatic nitrogens is 5. The predicted octanol–water partition coefficient (Wildman–Crippen LogP) is 0.295. The maximum Gasteiger partial charge on any atom is 0.342 e. The zero-order valence-electron chi connectivity index (χ0n) is 7.64. The molecule has 2 aromatic rings. The Bertz CT molecular complexity index is 534. The third-order valence-corrected chi connectivity index (χ3v) is 2.48. The van der Waals surface area contributed by atoms with E-state index in [9.17, 15) is 4.79 Å². The Kier molecular flexibility index (Phi) is 2.66. The lowest BCUT2D eigenvalue weighted by molar-refractivity contribution is 0.417. The van der Waals surface area contributed by atoms with E-state index in [4.69, 9.17) is 4.74 Å². The number of nitrogens with one attached hydrogen (secondary N) is 1. The fourth-order valence-electron chi connectivity index (χ4n) is 0.891. The first kappa shape index (κ1) is 10.1. The molecule has 0 spiro atoms. The highest BCUT2D eigenvalue weighted by Crippen LogP contribution is 2.17. The molecule has 0 radical (unpaired) electrons. The van der Waals surface area contributed by atoms with Crippen LogP contribution in [0.5, 0.6) is 11.9 Å². The van der Waals surface area contributed by atoms with Gasteiger partial charge in [0.15, 0.2) is 0 Å². The van der Waals surface area contributed by atoms with Crippen molar-refractivity contribution < 1.29 is 4.74 Å². The number of H-pyrrole nitrogens is 1. The van der Waals surface area contributed by atoms with Crippen LogP contribution in [0.4, 0.5) is 0 Å². The topological polar surface area (TPSA) is 85.7 Å². The van der Waals surface area contributed by atoms with Crippen molar-refractivity contribution in [1.82, 2.24) is 24.7 Å². The minimum Gasteiger partial charge on any atom is -0.403 e. The summed E-state index contributed by atoms with van der Waals surface area (Å²) in [5, 5.41) is 3.90. The molecule has 0 saturated carbocycles. The van der Waals surface area contributed by atoms with E-state index in [2.05, 4.69) is 20.1 Å². The third-order valence-electron chi connectivity index (χ3n) is 1.53. The highest BCUT2D eigenvalue weighted by molar-refractivity contribution is 14.1. The van der Waals surface area contributed by atoms with E-state index >= 15 is 0 Å². The van der Waals surface area contributed by atoms with Crippen molar-refractivity contribution >= 4 is 22.6 Å². The van der Waals surface area contributed by atoms with Gasteiger partial charge in [0.1, 0.15) is 9.90 Å². The lowest BCUT2D eigenvalue weighted by Crippen LogP contribution is -2.11. The molecule has 0 aliphatic rings. The second-order valence-electron chi connectivity index (χ2n) is 2.65. The molecule has 0 fully saturated rings. The summed E-state index contributed by atoms with van der Waals surface area (Å²) in [6.07, 6.45) is 2.76. The van der Waals surface area contributed by atoms with Crippen LogP contribution in [0.25, 0.3) is 0 Å². The molecule has 0 aliphatic carbocycles. The van der Waals surface area contributed by atoms with E-state index in [1.54, 1.807) is 7.05 Å². The van der Waals surface area contributed by atoms with E-state index in [1.165, 1.54) is 17.3 Å². The van der Waals surface area contributed by atoms with Crippen LogP contribution in [-0.4, -0.2) is 24.7 Å². The number of aromatic amines is 1. The minimum atomic E-state index is -0.253. The van der Waals surface area contributed by atoms with Crippen molar-refractivity contribution in [2.24, 2.45) is 7.05 Å². The number of hydrogen-bond acceptors (Lipinski definition) is 5. The maximum atomic E-state index is 11.2. The van der Waals surface area contributed by atoms with E-state index < -0.39 is 0 Å². The van der Waals surface area contributed by atoms with E-state index in [0.29, 0.717) is 3.57 Å². The van der Waals surface area contributed by atoms with Crippen LogP contribution in [0.2, 0.25) is 0 Å². The Morgan fingerprint density at radius 2 is 2.33 bits per heavy atom. The first-order chi connectivity index (χ1) is 7.16. The molecule has 78 valence electrons. The lowest BCUT2D eigenvalue weighted by atomic mass is 10.6. The number of aryl methyl sites for hydroxylation is 1. The normalized spacial score (nSPS) is 10.3. The average molecular weight is 319 g/mol. The Hall–Kier alpha value is -1.45. The van der Waals surface area contributed by atoms with Crippen molar-refractivity contribution in [2.75, 3.05) is 0 Å². The van der Waals surface area contributed by atoms with Crippen LogP contribution in [0.1, 0.15) is 0 Å². The van der Waals surface area contributed by atoms with Crippen LogP contribution in [0, 0.1) is 3.57 Å². The average Bonchev–Trinajstić information content (AvgIpc) is 2.59. The fraction of sp³-hybridized carbons (Fsp3) is 0.143. The molecule has 0 bridgehead atoms. The van der Waals surface area contributed by atoms with Crippen molar-refractivity contribution in [2.45, 2.75) is 0 Å². The standard InChI is InChI=1S/C7H6IN5O2/c1-13-3-11-7(12-13)15-6-4(8)5(14)9-2-10-6/h2-3H,1H3,(H,9,10,14). The molecule has 0 aliphatic heterocycles. The zero-order valence-corrected chi connectivity index (χ0v) is 9.80. The predicted molar refractivity (Wildman–Crippen MR) is 58.7 cm³/mol. The maximum absolute atomic E-state index is 11.2. The Morgan fingerprint density at radius 3 is 3.00 bits per heavy atom. The van der Waals surface area contributed by atoms with Gasteiger partial charge in [0.25, 0.3) is 5.56 Å². The van der Waals surface area contributed by atoms with Crippen molar-refractivity contribution in [3.8, 4) is 11.9 Å². The molecular weight excluding hydrogens is 313 g/mol. The second kappa shape index (κ2) is 3.96. The summed E-state index contributed by atoms with van der Waals surface area (Å²) >= 11 is 1.84. The quantitative estimate of drug-likeness (QED) is 0.805. The summed E-state index contributed by atoms with van der Waals surface area (Å²) in [6.45, 7) is 0. The third kappa shape index (κ3) is 2.14. The first-order valence-electron chi connectivity index (χ1n) is 3.93. The van der Waals surface area contributed by atoms with Crippen LogP contribution in [-0.2, 0) is 7.05 Å². The van der Waals surface area contributed by atoms with Gasteiger partial charge in [0.2, 0.25) is 5.88 Å². The van der Waals surface area contributed by atoms with Crippen LogP contribution in [0.3, 0.4) is 0 Å². The summed E-state index contributed by atoms with van der Waals surface area (Å²) in [7, 11) is 1.72. The molecule has 2 rings (SSSR count). The Labute approximate surface area is 97.7 Å². The molecule has 8 heteroatoms. The second-order valence-corrected chi connectivity index (χ2v) is 3.73. The van der Waals surface area contributed by atoms with Gasteiger partial charge in [-0.2, -0.15) is 4.98 Å². The molecule has 7 nitrogen and oxygen atoms in total. The molecular formula is C7H6IN5O2. The van der Waals surface area contributed by atoms with Crippen LogP contribution in [0.15, 0.2) is 17.4 Å². The van der Waals surface area contributed by atoms with E-state index in [1.807, 2.05) is 22.6 Å². The Morgan fingerprint density at radius 1 is 1.53 bits per heavy atom. The van der Waals surface area contributed by atoms with Gasteiger partial charge in [-0.05, 0) is 22.6 Å². The first-order valence-corrected chi connectivity index (χ1v) is 5.01. The molecule has 0 aromatic carbocycles. The minimum absolute atomic E-state index is 0.161. The van der Waals surface area contributed by atoms with Crippen LogP contribution < -0.4 is 10.3 Å². The molecule has 0 saturated heterocycles. The van der Waals surface area contributed by atoms with Gasteiger partial charge in [-0.25, -0.2) is 4.98 Å². The molecule has 0 unspecified atom stereocenters. The number of halogens is 1. The van der Waals surface area contributed by atoms with Crippen LogP contribution >= 0.6 is 22.6 Å². The largest absolute Gasteiger partial charge is 0.403 e. The van der Waals surface area contributed by atoms with Gasteiger partial charge in [0, 0.05) is 7.05 Å². The smallest absolute Gasteiger partial charge is 0.342 e. The van der Waals surface area contributed by atoms with Crippen molar-refractivity contribution in [3.63, 3.8) is 0 Å². The summed E-state index contributed by atoms with van der Waals surface area (Å²) in [5.41, 5.74) is -0.253. The number of hydrogen-bond donors (Lipinski definition) is 1. The van der Waals surface area contributed by atoms with Gasteiger partial charge in [-0.15, -0.1) is 5.10 Å². The lowest BCUT2D eigenvalue weighted by Gasteiger charge is -1.99. The number of rotatable bonds is 2. The number of ether oxygens (including phenoxy) is 1. The van der Waals surface area contributed by atoms with Crippen molar-refractivity contribution in [1.29, 1.82) is 0 Å². The monoisotopic (exact) mass is 319 g/mol. The molecule has 2 aromatic heterocycles. The summed E-state index contributed by atoms with van der Waals surface area (Å²) < 4.78 is 7.09. The molecule has 15 heavy (non-hydrogen) atoms. The summed E-state index contributed by atoms with van der Waals surface area (Å²) in [4.78, 5) is 21.4.